The largest absolute Gasteiger partial charge is 0.370 e. The van der Waals surface area contributed by atoms with Crippen molar-refractivity contribution < 1.29 is 9.28 Å². The minimum Gasteiger partial charge on any atom is -0.370 e. The van der Waals surface area contributed by atoms with Gasteiger partial charge in [-0.1, -0.05) is 16.6 Å². The van der Waals surface area contributed by atoms with Crippen molar-refractivity contribution in [3.05, 3.63) is 29.8 Å². The first-order valence-electron chi connectivity index (χ1n) is 5.49. The fourth-order valence-corrected chi connectivity index (χ4v) is 1.75. The number of benzene rings is 1. The Bertz CT molecular complexity index is 459. The van der Waals surface area contributed by atoms with Gasteiger partial charge in [0, 0.05) is 12.1 Å². The molecule has 2 rings (SSSR count). The number of halogens is 1. The number of nitrogens with one attached hydrogen (secondary N) is 1. The first kappa shape index (κ1) is 11.6. The molecular formula is C12H14FN3O. The summed E-state index contributed by atoms with van der Waals surface area (Å²) in [5.74, 6) is 0.468. The first-order valence-corrected chi connectivity index (χ1v) is 5.49. The predicted octanol–water partition coefficient (Wildman–Crippen LogP) is 1.58. The van der Waals surface area contributed by atoms with Crippen LogP contribution in [-0.2, 0) is 0 Å². The number of carbonyl (C=O) groups excluding carboxylic acids is 1. The second-order valence-electron chi connectivity index (χ2n) is 3.85. The molecule has 0 atom stereocenters. The average Bonchev–Trinajstić information content (AvgIpc) is 2.81. The Morgan fingerprint density at radius 3 is 2.94 bits per heavy atom. The van der Waals surface area contributed by atoms with Crippen molar-refractivity contribution in [2.75, 3.05) is 24.8 Å². The highest BCUT2D eigenvalue weighted by Gasteiger charge is 2.16. The van der Waals surface area contributed by atoms with E-state index >= 15 is 0 Å². The van der Waals surface area contributed by atoms with E-state index in [9.17, 15) is 9.28 Å². The number of hydrogen-bond donors (Lipinski definition) is 1. The minimum absolute atomic E-state index is 0.0459. The molecule has 0 saturated heterocycles. The first-order chi connectivity index (χ1) is 8.18. The Morgan fingerprint density at radius 2 is 2.29 bits per heavy atom. The third-order valence-electron chi connectivity index (χ3n) is 2.58. The number of aliphatic imine (C=N–C) groups is 1. The Morgan fingerprint density at radius 1 is 1.53 bits per heavy atom. The highest BCUT2D eigenvalue weighted by atomic mass is 19.2. The summed E-state index contributed by atoms with van der Waals surface area (Å²) in [6.45, 7) is 2.90. The van der Waals surface area contributed by atoms with Gasteiger partial charge in [-0.2, -0.15) is 0 Å². The molecule has 4 nitrogen and oxygen atoms in total. The molecule has 1 aromatic rings. The van der Waals surface area contributed by atoms with Crippen molar-refractivity contribution in [3.63, 3.8) is 0 Å². The minimum atomic E-state index is -0.149. The van der Waals surface area contributed by atoms with Crippen molar-refractivity contribution in [3.8, 4) is 0 Å². The normalized spacial score (nSPS) is 14.1. The van der Waals surface area contributed by atoms with E-state index in [4.69, 9.17) is 0 Å². The lowest BCUT2D eigenvalue weighted by molar-refractivity contribution is 0.101. The van der Waals surface area contributed by atoms with Gasteiger partial charge in [0.1, 0.15) is 12.4 Å². The van der Waals surface area contributed by atoms with Crippen LogP contribution in [0.15, 0.2) is 29.3 Å². The molecule has 0 spiro atoms. The number of amidine groups is 1. The molecule has 1 aliphatic rings. The molecule has 1 aromatic carbocycles. The maximum Gasteiger partial charge on any atom is 0.161 e. The molecule has 0 fully saturated rings. The Kier molecular flexibility index (Phi) is 3.37. The highest BCUT2D eigenvalue weighted by molar-refractivity contribution is 6.00. The molecule has 0 aliphatic carbocycles. The zero-order valence-corrected chi connectivity index (χ0v) is 9.61. The fraction of sp³-hybridized carbons (Fsp3) is 0.333. The smallest absolute Gasteiger partial charge is 0.161 e. The molecule has 0 saturated carbocycles. The van der Waals surface area contributed by atoms with Crippen LogP contribution < -0.4 is 10.4 Å². The molecule has 1 aliphatic heterocycles. The maximum absolute atomic E-state index is 14.0. The van der Waals surface area contributed by atoms with Crippen LogP contribution in [0.1, 0.15) is 17.3 Å². The summed E-state index contributed by atoms with van der Waals surface area (Å²) in [6, 6.07) is 6.64. The third kappa shape index (κ3) is 2.61. The summed E-state index contributed by atoms with van der Waals surface area (Å²) < 4.78 is 14.0. The van der Waals surface area contributed by atoms with Gasteiger partial charge in [-0.25, -0.2) is 5.12 Å². The molecule has 0 aromatic heterocycles. The fourth-order valence-electron chi connectivity index (χ4n) is 1.75. The van der Waals surface area contributed by atoms with Crippen LogP contribution in [0.25, 0.3) is 0 Å². The zero-order chi connectivity index (χ0) is 12.3. The van der Waals surface area contributed by atoms with Crippen molar-refractivity contribution in [2.45, 2.75) is 6.92 Å². The van der Waals surface area contributed by atoms with E-state index < -0.39 is 0 Å². The van der Waals surface area contributed by atoms with E-state index in [-0.39, 0.29) is 18.0 Å². The van der Waals surface area contributed by atoms with Crippen LogP contribution >= 0.6 is 0 Å². The molecule has 0 unspecified atom stereocenters. The van der Waals surface area contributed by atoms with Crippen molar-refractivity contribution in [1.82, 2.24) is 5.32 Å². The summed E-state index contributed by atoms with van der Waals surface area (Å²) >= 11 is 0. The van der Waals surface area contributed by atoms with Gasteiger partial charge >= 0.3 is 0 Å². The summed E-state index contributed by atoms with van der Waals surface area (Å²) in [5, 5.41) is 3.54. The molecule has 90 valence electrons. The topological polar surface area (TPSA) is 44.7 Å². The van der Waals surface area contributed by atoms with Crippen LogP contribution in [0.2, 0.25) is 0 Å². The number of anilines is 1. The van der Waals surface area contributed by atoms with Gasteiger partial charge in [0.2, 0.25) is 0 Å². The highest BCUT2D eigenvalue weighted by Crippen LogP contribution is 2.21. The molecule has 5 heteroatoms. The van der Waals surface area contributed by atoms with Gasteiger partial charge in [0.05, 0.1) is 12.2 Å². The number of nitrogens with zero attached hydrogens (tertiary/aromatic N) is 2. The summed E-state index contributed by atoms with van der Waals surface area (Å²) in [7, 11) is 0. The van der Waals surface area contributed by atoms with Gasteiger partial charge in [-0.3, -0.25) is 9.79 Å². The predicted molar refractivity (Wildman–Crippen MR) is 65.2 cm³/mol. The summed E-state index contributed by atoms with van der Waals surface area (Å²) in [4.78, 5) is 15.5. The molecule has 17 heavy (non-hydrogen) atoms. The quantitative estimate of drug-likeness (QED) is 0.636. The average molecular weight is 235 g/mol. The van der Waals surface area contributed by atoms with Gasteiger partial charge in [-0.05, 0) is 19.1 Å². The number of Topliss-reactive ketones (excluding diaryl/α,β-unsaturated/α-hetero) is 1. The zero-order valence-electron chi connectivity index (χ0n) is 9.61. The Balaban J connectivity index is 2.18. The van der Waals surface area contributed by atoms with Gasteiger partial charge in [0.25, 0.3) is 0 Å². The van der Waals surface area contributed by atoms with E-state index in [0.717, 1.165) is 6.54 Å². The van der Waals surface area contributed by atoms with Crippen LogP contribution in [0.5, 0.6) is 0 Å². The lowest BCUT2D eigenvalue weighted by Crippen LogP contribution is -2.31. The van der Waals surface area contributed by atoms with Crippen LogP contribution in [0.4, 0.5) is 10.2 Å². The van der Waals surface area contributed by atoms with E-state index in [1.807, 2.05) is 0 Å². The standard InChI is InChI=1S/C12H14FN3O/c1-9(17)10-4-2-3-5-11(10)16(13)8-12-14-6-7-15-12/h2-5H,6-8H2,1H3,(H,14,15). The third-order valence-corrected chi connectivity index (χ3v) is 2.58. The molecular weight excluding hydrogens is 221 g/mol. The van der Waals surface area contributed by atoms with Gasteiger partial charge in [0.15, 0.2) is 5.78 Å². The molecule has 0 radical (unpaired) electrons. The second-order valence-corrected chi connectivity index (χ2v) is 3.85. The van der Waals surface area contributed by atoms with Crippen LogP contribution in [0.3, 0.4) is 0 Å². The maximum atomic E-state index is 14.0. The van der Waals surface area contributed by atoms with E-state index in [1.54, 1.807) is 24.3 Å². The van der Waals surface area contributed by atoms with Gasteiger partial charge < -0.3 is 5.32 Å². The molecule has 1 N–H and O–H groups in total. The lowest BCUT2D eigenvalue weighted by Gasteiger charge is -2.16. The van der Waals surface area contributed by atoms with Gasteiger partial charge in [-0.15, -0.1) is 0 Å². The van der Waals surface area contributed by atoms with Crippen LogP contribution in [0, 0.1) is 0 Å². The number of carbonyl (C=O) groups is 1. The Labute approximate surface area is 99.1 Å². The van der Waals surface area contributed by atoms with Crippen molar-refractivity contribution in [1.29, 1.82) is 0 Å². The summed E-state index contributed by atoms with van der Waals surface area (Å²) in [5.41, 5.74) is 0.671. The molecule has 1 heterocycles. The number of para-hydroxylation sites is 1. The Hall–Kier alpha value is -1.91. The number of rotatable bonds is 4. The molecule has 0 amide bonds. The van der Waals surface area contributed by atoms with E-state index in [0.29, 0.717) is 23.1 Å². The van der Waals surface area contributed by atoms with Crippen LogP contribution in [-0.4, -0.2) is 31.3 Å². The van der Waals surface area contributed by atoms with E-state index in [1.165, 1.54) is 6.92 Å². The molecule has 0 bridgehead atoms. The number of ketones is 1. The monoisotopic (exact) mass is 235 g/mol. The lowest BCUT2D eigenvalue weighted by atomic mass is 10.1. The second kappa shape index (κ2) is 4.95. The number of hydrogen-bond acceptors (Lipinski definition) is 4. The summed E-state index contributed by atoms with van der Waals surface area (Å²) in [6.07, 6.45) is 0. The van der Waals surface area contributed by atoms with E-state index in [2.05, 4.69) is 10.3 Å². The van der Waals surface area contributed by atoms with Crippen molar-refractivity contribution in [2.24, 2.45) is 4.99 Å². The SMILES string of the molecule is CC(=O)c1ccccc1N(F)CC1=NCCN1. The van der Waals surface area contributed by atoms with Crippen molar-refractivity contribution >= 4 is 17.3 Å².